The van der Waals surface area contributed by atoms with Gasteiger partial charge in [-0.05, 0) is 25.2 Å². The Morgan fingerprint density at radius 3 is 2.72 bits per heavy atom. The third-order valence-corrected chi connectivity index (χ3v) is 4.64. The molecule has 0 atom stereocenters. The Bertz CT molecular complexity index is 765. The van der Waals surface area contributed by atoms with Crippen molar-refractivity contribution in [2.75, 3.05) is 25.4 Å². The van der Waals surface area contributed by atoms with Gasteiger partial charge in [0.2, 0.25) is 0 Å². The fraction of sp³-hybridized carbons (Fsp3) is 0.235. The average Bonchev–Trinajstić information content (AvgIpc) is 3.00. The van der Waals surface area contributed by atoms with Gasteiger partial charge in [-0.1, -0.05) is 30.3 Å². The van der Waals surface area contributed by atoms with Crippen molar-refractivity contribution in [3.63, 3.8) is 0 Å². The van der Waals surface area contributed by atoms with Gasteiger partial charge in [0.15, 0.2) is 0 Å². The minimum atomic E-state index is -0.0573. The van der Waals surface area contributed by atoms with Gasteiger partial charge in [-0.15, -0.1) is 29.3 Å². The third kappa shape index (κ3) is 5.68. The van der Waals surface area contributed by atoms with E-state index in [4.69, 9.17) is 12.6 Å². The van der Waals surface area contributed by atoms with Crippen molar-refractivity contribution in [1.82, 2.24) is 10.3 Å². The summed E-state index contributed by atoms with van der Waals surface area (Å²) in [6.45, 7) is 2.08. The van der Waals surface area contributed by atoms with Crippen molar-refractivity contribution in [3.05, 3.63) is 47.8 Å². The van der Waals surface area contributed by atoms with E-state index in [1.54, 1.807) is 17.4 Å². The van der Waals surface area contributed by atoms with Crippen LogP contribution in [0.3, 0.4) is 0 Å². The van der Waals surface area contributed by atoms with E-state index in [0.29, 0.717) is 18.0 Å². The second-order valence-corrected chi connectivity index (χ2v) is 6.44. The maximum atomic E-state index is 11.9. The molecule has 0 aliphatic rings. The molecule has 0 bridgehead atoms. The molecule has 0 aliphatic carbocycles. The zero-order valence-corrected chi connectivity index (χ0v) is 17.6. The van der Waals surface area contributed by atoms with Crippen molar-refractivity contribution in [3.8, 4) is 16.3 Å². The summed E-state index contributed by atoms with van der Waals surface area (Å²) in [6, 6.07) is 13.2. The largest absolute Gasteiger partial charge is 2.00 e. The topological polar surface area (TPSA) is 90.6 Å². The molecule has 25 heavy (non-hydrogen) atoms. The van der Waals surface area contributed by atoms with Gasteiger partial charge >= 0.3 is 0 Å². The van der Waals surface area contributed by atoms with Gasteiger partial charge in [0.1, 0.15) is 5.01 Å². The number of nitrogens with zero attached hydrogens (tertiary/aromatic N) is 2. The molecule has 2 aromatic carbocycles. The number of nitrogens with one attached hydrogen (secondary N) is 1. The van der Waals surface area contributed by atoms with Gasteiger partial charge in [-0.25, -0.2) is 4.98 Å². The van der Waals surface area contributed by atoms with E-state index in [2.05, 4.69) is 21.7 Å². The fourth-order valence-corrected chi connectivity index (χ4v) is 3.33. The summed E-state index contributed by atoms with van der Waals surface area (Å²) in [4.78, 5) is 4.63. The number of hydrogen-bond acceptors (Lipinski definition) is 5. The van der Waals surface area contributed by atoms with E-state index in [1.165, 1.54) is 0 Å². The zero-order chi connectivity index (χ0) is 16.1. The molecule has 0 saturated carbocycles. The van der Waals surface area contributed by atoms with Crippen LogP contribution in [-0.2, 0) is 38.5 Å². The maximum absolute atomic E-state index is 11.9. The molecule has 5 nitrogen and oxygen atoms in total. The summed E-state index contributed by atoms with van der Waals surface area (Å²) in [6.07, 6.45) is 0. The molecule has 0 fully saturated rings. The first-order valence-electron chi connectivity index (χ1n) is 7.41. The molecule has 0 saturated heterocycles. The van der Waals surface area contributed by atoms with Crippen molar-refractivity contribution in [1.29, 1.82) is 0 Å². The number of benzene rings is 2. The van der Waals surface area contributed by atoms with Gasteiger partial charge in [0.05, 0.1) is 10.2 Å². The van der Waals surface area contributed by atoms with Crippen LogP contribution in [0.2, 0.25) is 0 Å². The molecule has 0 unspecified atom stereocenters. The van der Waals surface area contributed by atoms with E-state index >= 15 is 0 Å². The molecule has 1 N–H and O–H groups in total. The summed E-state index contributed by atoms with van der Waals surface area (Å²) >= 11 is 6.49. The van der Waals surface area contributed by atoms with Crippen LogP contribution in [0.1, 0.15) is 0 Å². The Kier molecular flexibility index (Phi) is 9.43. The predicted molar refractivity (Wildman–Crippen MR) is 98.2 cm³/mol. The van der Waals surface area contributed by atoms with Crippen molar-refractivity contribution >= 4 is 39.9 Å². The number of aromatic nitrogens is 1. The summed E-state index contributed by atoms with van der Waals surface area (Å²) in [5, 5.41) is 20.4. The Labute approximate surface area is 170 Å². The summed E-state index contributed by atoms with van der Waals surface area (Å²) < 4.78 is 1.14. The van der Waals surface area contributed by atoms with E-state index in [9.17, 15) is 5.11 Å². The first-order valence-corrected chi connectivity index (χ1v) is 8.80. The second-order valence-electron chi connectivity index (χ2n) is 5.01. The Morgan fingerprint density at radius 1 is 1.16 bits per heavy atom. The predicted octanol–water partition coefficient (Wildman–Crippen LogP) is 3.06. The molecule has 1 heterocycles. The number of thiazole rings is 1. The smallest absolute Gasteiger partial charge is 0.124 e. The normalized spacial score (nSPS) is 10.1. The van der Waals surface area contributed by atoms with Crippen LogP contribution >= 0.6 is 11.3 Å². The number of rotatable bonds is 7. The zero-order valence-electron chi connectivity index (χ0n) is 13.3. The van der Waals surface area contributed by atoms with E-state index < -0.39 is 0 Å². The van der Waals surface area contributed by atoms with Crippen LogP contribution in [0.15, 0.2) is 42.5 Å². The van der Waals surface area contributed by atoms with Crippen LogP contribution in [0.25, 0.3) is 26.1 Å². The third-order valence-electron chi connectivity index (χ3n) is 3.35. The SMILES string of the molecule is [O-2].[O-]c1ccc(-c2nc3ccccc3s2)cc1[N-]CCNCC[S-].[Re]. The maximum Gasteiger partial charge on any atom is 0.124 e. The van der Waals surface area contributed by atoms with Crippen LogP contribution in [0.5, 0.6) is 5.75 Å². The molecule has 1 radical (unpaired) electrons. The van der Waals surface area contributed by atoms with Gasteiger partial charge in [0.25, 0.3) is 0 Å². The van der Waals surface area contributed by atoms with Crippen LogP contribution in [0.4, 0.5) is 5.69 Å². The van der Waals surface area contributed by atoms with Crippen LogP contribution in [-0.4, -0.2) is 30.4 Å². The summed E-state index contributed by atoms with van der Waals surface area (Å²) in [5.74, 6) is 0.623. The van der Waals surface area contributed by atoms with Crippen molar-refractivity contribution in [2.45, 2.75) is 0 Å². The molecule has 0 aliphatic heterocycles. The molecule has 135 valence electrons. The van der Waals surface area contributed by atoms with Crippen LogP contribution in [0, 0.1) is 0 Å². The molecule has 0 amide bonds. The first-order chi connectivity index (χ1) is 11.3. The van der Waals surface area contributed by atoms with Crippen molar-refractivity contribution in [2.24, 2.45) is 0 Å². The van der Waals surface area contributed by atoms with Gasteiger partial charge in [0, 0.05) is 26.0 Å². The van der Waals surface area contributed by atoms with E-state index in [-0.39, 0.29) is 31.6 Å². The average molecular weight is 545 g/mol. The van der Waals surface area contributed by atoms with Gasteiger partial charge < -0.3 is 33.8 Å². The number of para-hydroxylation sites is 1. The Hall–Kier alpha value is -1.14. The Morgan fingerprint density at radius 2 is 1.96 bits per heavy atom. The molecule has 1 aromatic heterocycles. The van der Waals surface area contributed by atoms with E-state index in [0.717, 1.165) is 33.9 Å². The quantitative estimate of drug-likeness (QED) is 0.366. The molecule has 3 rings (SSSR count). The van der Waals surface area contributed by atoms with Crippen LogP contribution < -0.4 is 10.4 Å². The molecular weight excluding hydrogens is 529 g/mol. The number of hydrogen-bond donors (Lipinski definition) is 1. The second kappa shape index (κ2) is 10.8. The Balaban J connectivity index is 0.00000156. The molecule has 8 heteroatoms. The number of fused-ring (bicyclic) bond motifs is 1. The summed E-state index contributed by atoms with van der Waals surface area (Å²) in [7, 11) is 0. The minimum absolute atomic E-state index is 0. The first kappa shape index (κ1) is 21.9. The monoisotopic (exact) mass is 545 g/mol. The van der Waals surface area contributed by atoms with E-state index in [1.807, 2.05) is 30.3 Å². The molecule has 3 aromatic rings. The molecular formula is C17H16N3O2ReS2-5. The summed E-state index contributed by atoms with van der Waals surface area (Å²) in [5.41, 5.74) is 2.40. The van der Waals surface area contributed by atoms with Crippen molar-refractivity contribution < 1.29 is 31.0 Å². The standard InChI is InChI=1S/C17H18N3OS2.O.Re/c21-15-6-5-12(11-14(15)19-8-7-18-9-10-22)17-20-13-3-1-2-4-16(13)23-17;;/h1-6,11,18,22H,7-10H2,(H,20,21);;/q-1;-2;/p-2. The molecule has 0 spiro atoms. The van der Waals surface area contributed by atoms with Gasteiger partial charge in [-0.3, -0.25) is 0 Å². The van der Waals surface area contributed by atoms with Gasteiger partial charge in [-0.2, -0.15) is 5.75 Å². The minimum Gasteiger partial charge on any atom is -2.00 e. The fourth-order valence-electron chi connectivity index (χ4n) is 2.22.